The fourth-order valence-electron chi connectivity index (χ4n) is 2.24. The lowest BCUT2D eigenvalue weighted by atomic mass is 10.0. The molecule has 1 amide bonds. The molecule has 0 aliphatic rings. The van der Waals surface area contributed by atoms with Gasteiger partial charge in [-0.2, -0.15) is 0 Å². The molecule has 0 aromatic rings. The van der Waals surface area contributed by atoms with Gasteiger partial charge in [-0.05, 0) is 66.5 Å². The highest BCUT2D eigenvalue weighted by atomic mass is 16.4. The van der Waals surface area contributed by atoms with Crippen molar-refractivity contribution in [2.45, 2.75) is 77.3 Å². The van der Waals surface area contributed by atoms with Gasteiger partial charge in [0.25, 0.3) is 0 Å². The molecule has 0 fully saturated rings. The Morgan fingerprint density at radius 3 is 2.04 bits per heavy atom. The van der Waals surface area contributed by atoms with Crippen LogP contribution < -0.4 is 16.8 Å². The highest BCUT2D eigenvalue weighted by Crippen LogP contribution is 2.09. The maximum Gasteiger partial charge on any atom is 0.303 e. The van der Waals surface area contributed by atoms with Crippen LogP contribution in [0.25, 0.3) is 0 Å². The molecule has 25 heavy (non-hydrogen) atoms. The number of hydrogen-bond donors (Lipinski definition) is 4. The van der Waals surface area contributed by atoms with Gasteiger partial charge < -0.3 is 26.8 Å². The zero-order valence-electron chi connectivity index (χ0n) is 16.4. The van der Waals surface area contributed by atoms with Crippen LogP contribution in [-0.2, 0) is 9.59 Å². The molecule has 0 unspecified atom stereocenters. The summed E-state index contributed by atoms with van der Waals surface area (Å²) in [5.41, 5.74) is 11.4. The average molecular weight is 359 g/mol. The minimum Gasteiger partial charge on any atom is -0.481 e. The second-order valence-corrected chi connectivity index (χ2v) is 8.21. The number of carboxylic acid groups (broad SMARTS) is 1. The Hall–Kier alpha value is -1.18. The number of carboxylic acids is 1. The van der Waals surface area contributed by atoms with Crippen LogP contribution in [0.5, 0.6) is 0 Å². The van der Waals surface area contributed by atoms with Crippen LogP contribution in [0.2, 0.25) is 0 Å². The molecule has 0 aliphatic heterocycles. The van der Waals surface area contributed by atoms with Crippen molar-refractivity contribution in [2.24, 2.45) is 11.5 Å². The molecule has 0 radical (unpaired) electrons. The van der Waals surface area contributed by atoms with Crippen LogP contribution in [0.3, 0.4) is 0 Å². The molecule has 7 heteroatoms. The molecule has 0 saturated carbocycles. The first-order valence-corrected chi connectivity index (χ1v) is 9.19. The smallest absolute Gasteiger partial charge is 0.303 e. The Morgan fingerprint density at radius 2 is 1.52 bits per heavy atom. The Kier molecular flexibility index (Phi) is 10.9. The van der Waals surface area contributed by atoms with E-state index in [1.807, 2.05) is 27.7 Å². The van der Waals surface area contributed by atoms with Crippen molar-refractivity contribution in [1.29, 1.82) is 0 Å². The third-order valence-electron chi connectivity index (χ3n) is 3.91. The monoisotopic (exact) mass is 358 g/mol. The number of nitrogens with one attached hydrogen (secondary N) is 1. The van der Waals surface area contributed by atoms with Crippen LogP contribution in [0.4, 0.5) is 0 Å². The highest BCUT2D eigenvalue weighted by Gasteiger charge is 2.18. The maximum atomic E-state index is 12.2. The topological polar surface area (TPSA) is 122 Å². The van der Waals surface area contributed by atoms with Gasteiger partial charge in [-0.3, -0.25) is 9.59 Å². The van der Waals surface area contributed by atoms with Gasteiger partial charge in [-0.1, -0.05) is 0 Å². The largest absolute Gasteiger partial charge is 0.481 e. The normalized spacial score (nSPS) is 12.2. The summed E-state index contributed by atoms with van der Waals surface area (Å²) in [7, 11) is 0. The quantitative estimate of drug-likeness (QED) is 0.347. The maximum absolute atomic E-state index is 12.2. The molecule has 0 spiro atoms. The summed E-state index contributed by atoms with van der Waals surface area (Å²) in [6.07, 6.45) is 3.36. The summed E-state index contributed by atoms with van der Waals surface area (Å²) in [4.78, 5) is 24.7. The molecule has 0 aromatic heterocycles. The second-order valence-electron chi connectivity index (χ2n) is 8.21. The summed E-state index contributed by atoms with van der Waals surface area (Å²) >= 11 is 0. The molecule has 0 aliphatic carbocycles. The van der Waals surface area contributed by atoms with E-state index in [9.17, 15) is 9.59 Å². The van der Waals surface area contributed by atoms with Crippen LogP contribution >= 0.6 is 0 Å². The molecule has 0 aromatic carbocycles. The number of unbranched alkanes of at least 4 members (excludes halogenated alkanes) is 1. The van der Waals surface area contributed by atoms with Crippen molar-refractivity contribution in [2.75, 3.05) is 26.2 Å². The van der Waals surface area contributed by atoms with Crippen LogP contribution in [-0.4, -0.2) is 59.1 Å². The van der Waals surface area contributed by atoms with E-state index >= 15 is 0 Å². The van der Waals surface area contributed by atoms with Crippen molar-refractivity contribution in [1.82, 2.24) is 10.2 Å². The minimum atomic E-state index is -0.945. The Balaban J connectivity index is 4.16. The lowest BCUT2D eigenvalue weighted by molar-refractivity contribution is -0.141. The highest BCUT2D eigenvalue weighted by molar-refractivity contribution is 5.80. The van der Waals surface area contributed by atoms with E-state index in [0.29, 0.717) is 19.5 Å². The molecule has 0 bridgehead atoms. The second kappa shape index (κ2) is 11.4. The van der Waals surface area contributed by atoms with Crippen molar-refractivity contribution < 1.29 is 14.7 Å². The van der Waals surface area contributed by atoms with Gasteiger partial charge in [0.1, 0.15) is 0 Å². The van der Waals surface area contributed by atoms with Crippen LogP contribution in [0.1, 0.15) is 66.2 Å². The summed E-state index contributed by atoms with van der Waals surface area (Å²) < 4.78 is 0. The number of rotatable bonds is 14. The van der Waals surface area contributed by atoms with Gasteiger partial charge in [0.05, 0.1) is 6.42 Å². The van der Waals surface area contributed by atoms with E-state index < -0.39 is 5.97 Å². The summed E-state index contributed by atoms with van der Waals surface area (Å²) in [6.45, 7) is 10.8. The Bertz CT molecular complexity index is 400. The molecule has 148 valence electrons. The lowest BCUT2D eigenvalue weighted by Crippen LogP contribution is -2.40. The number of hydrogen-bond acceptors (Lipinski definition) is 5. The van der Waals surface area contributed by atoms with Crippen LogP contribution in [0.15, 0.2) is 0 Å². The summed E-state index contributed by atoms with van der Waals surface area (Å²) in [5, 5.41) is 12.1. The van der Waals surface area contributed by atoms with Crippen molar-refractivity contribution in [3.05, 3.63) is 0 Å². The van der Waals surface area contributed by atoms with E-state index in [2.05, 4.69) is 5.32 Å². The average Bonchev–Trinajstić information content (AvgIpc) is 2.44. The van der Waals surface area contributed by atoms with Gasteiger partial charge in [0.2, 0.25) is 5.91 Å². The molecule has 0 saturated heterocycles. The number of amides is 1. The van der Waals surface area contributed by atoms with Gasteiger partial charge in [-0.15, -0.1) is 0 Å². The van der Waals surface area contributed by atoms with Gasteiger partial charge >= 0.3 is 5.97 Å². The number of carbonyl (C=O) groups is 2. The fraction of sp³-hybridized carbons (Fsp3) is 0.889. The molecule has 7 nitrogen and oxygen atoms in total. The van der Waals surface area contributed by atoms with Gasteiger partial charge in [-0.25, -0.2) is 0 Å². The first-order chi connectivity index (χ1) is 11.4. The van der Waals surface area contributed by atoms with Crippen molar-refractivity contribution in [3.8, 4) is 0 Å². The van der Waals surface area contributed by atoms with E-state index in [4.69, 9.17) is 16.6 Å². The zero-order chi connectivity index (χ0) is 19.5. The van der Waals surface area contributed by atoms with Gasteiger partial charge in [0, 0.05) is 30.6 Å². The summed E-state index contributed by atoms with van der Waals surface area (Å²) in [5.74, 6) is -1.05. The number of aliphatic carboxylic acids is 1. The van der Waals surface area contributed by atoms with E-state index in [0.717, 1.165) is 32.4 Å². The van der Waals surface area contributed by atoms with E-state index in [-0.39, 0.29) is 29.8 Å². The zero-order valence-corrected chi connectivity index (χ0v) is 16.4. The molecular weight excluding hydrogens is 320 g/mol. The minimum absolute atomic E-state index is 0.0458. The number of nitrogens with two attached hydrogens (primary N) is 2. The Labute approximate surface area is 152 Å². The first kappa shape index (κ1) is 23.8. The number of carbonyl (C=O) groups excluding carboxylic acids is 1. The standard InChI is InChI=1S/C18H38N4O3/c1-17(2,19)9-12-21-11-5-6-13-22(14-10-18(3,4)20)15(23)7-8-16(24)25/h21H,5-14,19-20H2,1-4H3,(H,24,25). The predicted octanol–water partition coefficient (Wildman–Crippen LogP) is 1.30. The third-order valence-corrected chi connectivity index (χ3v) is 3.91. The van der Waals surface area contributed by atoms with Crippen LogP contribution in [0, 0.1) is 0 Å². The first-order valence-electron chi connectivity index (χ1n) is 9.19. The number of nitrogens with zero attached hydrogens (tertiary/aromatic N) is 1. The SMILES string of the molecule is CC(C)(N)CCNCCCCN(CCC(C)(C)N)C(=O)CCC(=O)O. The lowest BCUT2D eigenvalue weighted by Gasteiger charge is -2.27. The molecule has 0 rings (SSSR count). The molecule has 0 atom stereocenters. The molecule has 0 heterocycles. The molecule has 6 N–H and O–H groups in total. The predicted molar refractivity (Wildman–Crippen MR) is 101 cm³/mol. The fourth-order valence-corrected chi connectivity index (χ4v) is 2.24. The van der Waals surface area contributed by atoms with E-state index in [1.165, 1.54) is 0 Å². The van der Waals surface area contributed by atoms with Gasteiger partial charge in [0.15, 0.2) is 0 Å². The third kappa shape index (κ3) is 16.1. The Morgan fingerprint density at radius 1 is 0.920 bits per heavy atom. The van der Waals surface area contributed by atoms with Crippen molar-refractivity contribution >= 4 is 11.9 Å². The van der Waals surface area contributed by atoms with E-state index in [1.54, 1.807) is 4.90 Å². The van der Waals surface area contributed by atoms with Crippen molar-refractivity contribution in [3.63, 3.8) is 0 Å². The molecular formula is C18H38N4O3. The summed E-state index contributed by atoms with van der Waals surface area (Å²) in [6, 6.07) is 0.